The summed E-state index contributed by atoms with van der Waals surface area (Å²) in [7, 11) is -1.09. The predicted octanol–water partition coefficient (Wildman–Crippen LogP) is 4.28. The fourth-order valence-electron chi connectivity index (χ4n) is 8.02. The number of nitrogens with zero attached hydrogens (tertiary/aromatic N) is 3. The van der Waals surface area contributed by atoms with E-state index in [2.05, 4.69) is 25.0 Å². The molecule has 4 heterocycles. The Kier molecular flexibility index (Phi) is 9.34. The molecule has 3 fully saturated rings. The highest BCUT2D eigenvalue weighted by atomic mass is 32.2. The molecule has 1 aliphatic carbocycles. The fraction of sp³-hybridized carbons (Fsp3) is 0.500. The zero-order valence-electron chi connectivity index (χ0n) is 27.8. The molecular formula is C36H45N5O6S. The number of rotatable bonds is 8. The minimum atomic E-state index is -3.99. The molecule has 4 aliphatic rings. The lowest BCUT2D eigenvalue weighted by Gasteiger charge is -2.35. The Morgan fingerprint density at radius 2 is 1.79 bits per heavy atom. The van der Waals surface area contributed by atoms with Gasteiger partial charge in [0.2, 0.25) is 0 Å². The number of nitrogens with one attached hydrogen (secondary N) is 2. The van der Waals surface area contributed by atoms with Crippen molar-refractivity contribution in [3.05, 3.63) is 58.7 Å². The summed E-state index contributed by atoms with van der Waals surface area (Å²) < 4.78 is 42.6. The van der Waals surface area contributed by atoms with E-state index < -0.39 is 16.1 Å². The summed E-state index contributed by atoms with van der Waals surface area (Å²) >= 11 is 0. The summed E-state index contributed by atoms with van der Waals surface area (Å²) in [5.41, 5.74) is 5.86. The van der Waals surface area contributed by atoms with Crippen molar-refractivity contribution in [1.29, 1.82) is 0 Å². The highest BCUT2D eigenvalue weighted by Gasteiger charge is 2.33. The normalized spacial score (nSPS) is 20.6. The van der Waals surface area contributed by atoms with Crippen LogP contribution < -0.4 is 14.2 Å². The van der Waals surface area contributed by atoms with Gasteiger partial charge >= 0.3 is 10.2 Å². The van der Waals surface area contributed by atoms with Crippen molar-refractivity contribution >= 4 is 39.0 Å². The van der Waals surface area contributed by atoms with E-state index in [1.807, 2.05) is 29.2 Å². The first-order valence-corrected chi connectivity index (χ1v) is 18.7. The third-order valence-electron chi connectivity index (χ3n) is 10.4. The van der Waals surface area contributed by atoms with Crippen LogP contribution in [0.5, 0.6) is 5.75 Å². The van der Waals surface area contributed by atoms with Crippen LogP contribution >= 0.6 is 0 Å². The number of morpholine rings is 1. The van der Waals surface area contributed by atoms with Crippen molar-refractivity contribution in [2.75, 3.05) is 53.5 Å². The third kappa shape index (κ3) is 6.50. The molecule has 2 N–H and O–H groups in total. The van der Waals surface area contributed by atoms with E-state index in [4.69, 9.17) is 9.47 Å². The van der Waals surface area contributed by atoms with Gasteiger partial charge in [-0.15, -0.1) is 0 Å². The number of carbonyl (C=O) groups is 2. The zero-order chi connectivity index (χ0) is 33.4. The molecule has 3 aromatic rings. The lowest BCUT2D eigenvalue weighted by molar-refractivity contribution is -0.135. The first-order chi connectivity index (χ1) is 23.2. The summed E-state index contributed by atoms with van der Waals surface area (Å²) in [6.07, 6.45) is 10.0. The van der Waals surface area contributed by atoms with Crippen molar-refractivity contribution in [3.63, 3.8) is 0 Å². The molecule has 2 saturated heterocycles. The first kappa shape index (κ1) is 32.8. The number of carbonyl (C=O) groups excluding carboxylic acids is 2. The maximum Gasteiger partial charge on any atom is 0.301 e. The lowest BCUT2D eigenvalue weighted by atomic mass is 9.81. The highest BCUT2D eigenvalue weighted by molar-refractivity contribution is 7.88. The minimum Gasteiger partial charge on any atom is -0.497 e. The lowest BCUT2D eigenvalue weighted by Crippen LogP contribution is -2.49. The number of fused-ring (bicyclic) bond motifs is 5. The Balaban J connectivity index is 1.34. The molecule has 11 nitrogen and oxygen atoms in total. The molecule has 2 amide bonds. The Morgan fingerprint density at radius 3 is 2.54 bits per heavy atom. The molecule has 0 bridgehead atoms. The van der Waals surface area contributed by atoms with Gasteiger partial charge in [0.1, 0.15) is 5.75 Å². The number of amides is 2. The molecule has 2 aromatic carbocycles. The van der Waals surface area contributed by atoms with E-state index in [1.54, 1.807) is 19.2 Å². The average molecular weight is 676 g/mol. The Morgan fingerprint density at radius 1 is 1.00 bits per heavy atom. The average Bonchev–Trinajstić information content (AvgIpc) is 3.69. The standard InChI is InChI=1S/C36H45N5O6S/c1-37-48(44,45)38-35(42)25-10-12-31-32(20-25)41-21-27(36(43)40-16-17-47-29(23-40)22-39-14-6-7-15-39)18-26-19-28(46-2)11-13-30(26)34(41)33(31)24-8-4-3-5-9-24/h10-13,18-20,24,29,37H,3-9,14-17,21-23H2,1-2H3,(H,38,42). The molecule has 48 heavy (non-hydrogen) atoms. The molecule has 1 unspecified atom stereocenters. The Hall–Kier alpha value is -3.71. The van der Waals surface area contributed by atoms with Crippen molar-refractivity contribution in [2.45, 2.75) is 63.5 Å². The van der Waals surface area contributed by atoms with Gasteiger partial charge in [0.15, 0.2) is 0 Å². The zero-order valence-corrected chi connectivity index (χ0v) is 28.6. The van der Waals surface area contributed by atoms with Gasteiger partial charge in [0.25, 0.3) is 11.8 Å². The molecule has 7 rings (SSSR count). The number of benzene rings is 2. The number of ether oxygens (including phenoxy) is 2. The van der Waals surface area contributed by atoms with Crippen LogP contribution in [0.3, 0.4) is 0 Å². The van der Waals surface area contributed by atoms with E-state index >= 15 is 0 Å². The third-order valence-corrected chi connectivity index (χ3v) is 11.4. The van der Waals surface area contributed by atoms with Gasteiger partial charge in [0, 0.05) is 54.3 Å². The van der Waals surface area contributed by atoms with E-state index in [-0.39, 0.29) is 17.6 Å². The SMILES string of the molecule is CNS(=O)(=O)NC(=O)c1ccc2c(C3CCCCC3)c3n(c2c1)CC(C(=O)N1CCOC(CN2CCCC2)C1)=Cc1cc(OC)ccc1-3. The molecule has 1 aromatic heterocycles. The molecule has 1 atom stereocenters. The molecule has 3 aliphatic heterocycles. The molecule has 0 radical (unpaired) electrons. The van der Waals surface area contributed by atoms with E-state index in [9.17, 15) is 18.0 Å². The summed E-state index contributed by atoms with van der Waals surface area (Å²) in [4.78, 5) is 32.0. The van der Waals surface area contributed by atoms with Crippen molar-refractivity contribution in [3.8, 4) is 17.0 Å². The van der Waals surface area contributed by atoms with Gasteiger partial charge in [-0.3, -0.25) is 9.59 Å². The van der Waals surface area contributed by atoms with Gasteiger partial charge in [-0.25, -0.2) is 9.44 Å². The maximum absolute atomic E-state index is 14.5. The first-order valence-electron chi connectivity index (χ1n) is 17.2. The van der Waals surface area contributed by atoms with Crippen molar-refractivity contribution in [1.82, 2.24) is 23.8 Å². The second kappa shape index (κ2) is 13.7. The number of likely N-dealkylation sites (tertiary alicyclic amines) is 1. The predicted molar refractivity (Wildman–Crippen MR) is 185 cm³/mol. The second-order valence-electron chi connectivity index (χ2n) is 13.4. The van der Waals surface area contributed by atoms with Gasteiger partial charge < -0.3 is 23.8 Å². The van der Waals surface area contributed by atoms with Crippen LogP contribution in [-0.2, 0) is 26.3 Å². The smallest absolute Gasteiger partial charge is 0.301 e. The topological polar surface area (TPSA) is 122 Å². The van der Waals surface area contributed by atoms with Gasteiger partial charge in [0.05, 0.1) is 32.1 Å². The summed E-state index contributed by atoms with van der Waals surface area (Å²) in [6.45, 7) is 4.84. The number of hydrogen-bond acceptors (Lipinski definition) is 7. The number of methoxy groups -OCH3 is 1. The summed E-state index contributed by atoms with van der Waals surface area (Å²) in [6, 6.07) is 11.4. The Bertz CT molecular complexity index is 1860. The van der Waals surface area contributed by atoms with Crippen molar-refractivity contribution in [2.24, 2.45) is 0 Å². The number of hydrogen-bond donors (Lipinski definition) is 2. The largest absolute Gasteiger partial charge is 0.497 e. The fourth-order valence-corrected chi connectivity index (χ4v) is 8.48. The highest BCUT2D eigenvalue weighted by Crippen LogP contribution is 2.47. The van der Waals surface area contributed by atoms with Crippen LogP contribution in [0.1, 0.15) is 72.3 Å². The quantitative estimate of drug-likeness (QED) is 0.366. The van der Waals surface area contributed by atoms with Crippen LogP contribution in [0, 0.1) is 0 Å². The minimum absolute atomic E-state index is 0.0265. The van der Waals surface area contributed by atoms with E-state index in [0.29, 0.717) is 43.5 Å². The summed E-state index contributed by atoms with van der Waals surface area (Å²) in [5.74, 6) is 0.285. The summed E-state index contributed by atoms with van der Waals surface area (Å²) in [5, 5.41) is 1.03. The number of aromatic nitrogens is 1. The van der Waals surface area contributed by atoms with Gasteiger partial charge in [-0.2, -0.15) is 8.42 Å². The maximum atomic E-state index is 14.5. The van der Waals surface area contributed by atoms with Crippen LogP contribution in [0.2, 0.25) is 0 Å². The van der Waals surface area contributed by atoms with Crippen LogP contribution in [-0.4, -0.2) is 94.2 Å². The molecular weight excluding hydrogens is 630 g/mol. The second-order valence-corrected chi connectivity index (χ2v) is 15.0. The molecule has 0 spiro atoms. The van der Waals surface area contributed by atoms with E-state index in [0.717, 1.165) is 73.0 Å². The molecule has 256 valence electrons. The van der Waals surface area contributed by atoms with E-state index in [1.165, 1.54) is 31.9 Å². The Labute approximate surface area is 282 Å². The van der Waals surface area contributed by atoms with Gasteiger partial charge in [-0.1, -0.05) is 25.3 Å². The van der Waals surface area contributed by atoms with Crippen LogP contribution in [0.4, 0.5) is 0 Å². The molecule has 1 saturated carbocycles. The monoisotopic (exact) mass is 675 g/mol. The van der Waals surface area contributed by atoms with Crippen LogP contribution in [0.15, 0.2) is 42.0 Å². The molecule has 12 heteroatoms. The van der Waals surface area contributed by atoms with Crippen molar-refractivity contribution < 1.29 is 27.5 Å². The van der Waals surface area contributed by atoms with Crippen LogP contribution in [0.25, 0.3) is 28.2 Å². The van der Waals surface area contributed by atoms with Gasteiger partial charge in [-0.05, 0) is 92.2 Å².